The second kappa shape index (κ2) is 8.33. The molecule has 1 N–H and O–H groups in total. The average Bonchev–Trinajstić information content (AvgIpc) is 3.04. The van der Waals surface area contributed by atoms with Crippen LogP contribution in [0.4, 0.5) is 13.2 Å². The predicted octanol–water partition coefficient (Wildman–Crippen LogP) is 3.64. The Morgan fingerprint density at radius 2 is 1.93 bits per heavy atom. The molecule has 1 aliphatic rings. The van der Waals surface area contributed by atoms with Crippen LogP contribution in [-0.4, -0.2) is 29.6 Å². The summed E-state index contributed by atoms with van der Waals surface area (Å²) in [7, 11) is 0. The van der Waals surface area contributed by atoms with E-state index in [1.54, 1.807) is 29.2 Å². The van der Waals surface area contributed by atoms with E-state index in [0.29, 0.717) is 25.1 Å². The second-order valence-corrected chi connectivity index (χ2v) is 6.46. The van der Waals surface area contributed by atoms with Crippen molar-refractivity contribution in [2.45, 2.75) is 32.3 Å². The van der Waals surface area contributed by atoms with E-state index in [4.69, 9.17) is 0 Å². The van der Waals surface area contributed by atoms with Crippen molar-refractivity contribution in [3.63, 3.8) is 0 Å². The summed E-state index contributed by atoms with van der Waals surface area (Å²) in [4.78, 5) is 25.9. The van der Waals surface area contributed by atoms with Crippen molar-refractivity contribution in [1.82, 2.24) is 10.2 Å². The molecular formula is C20H19F3N2O3. The fourth-order valence-corrected chi connectivity index (χ4v) is 3.05. The Labute approximate surface area is 160 Å². The van der Waals surface area contributed by atoms with Gasteiger partial charge in [0, 0.05) is 37.2 Å². The molecule has 2 aromatic rings. The lowest BCUT2D eigenvalue weighted by atomic mass is 10.1. The van der Waals surface area contributed by atoms with Gasteiger partial charge in [0.15, 0.2) is 0 Å². The van der Waals surface area contributed by atoms with Gasteiger partial charge in [0.25, 0.3) is 5.91 Å². The number of nitrogens with zero attached hydrogens (tertiary/aromatic N) is 1. The van der Waals surface area contributed by atoms with E-state index in [-0.39, 0.29) is 23.8 Å². The van der Waals surface area contributed by atoms with Crippen molar-refractivity contribution >= 4 is 11.8 Å². The Balaban J connectivity index is 1.64. The molecule has 0 atom stereocenters. The van der Waals surface area contributed by atoms with Crippen LogP contribution in [0.25, 0.3) is 0 Å². The minimum Gasteiger partial charge on any atom is -0.405 e. The molecule has 148 valence electrons. The summed E-state index contributed by atoms with van der Waals surface area (Å²) in [6.45, 7) is 1.02. The molecule has 0 aliphatic carbocycles. The quantitative estimate of drug-likeness (QED) is 0.817. The zero-order valence-corrected chi connectivity index (χ0v) is 15.0. The van der Waals surface area contributed by atoms with Crippen molar-refractivity contribution in [3.05, 3.63) is 65.2 Å². The van der Waals surface area contributed by atoms with E-state index < -0.39 is 12.3 Å². The number of likely N-dealkylation sites (tertiary alicyclic amines) is 1. The fourth-order valence-electron chi connectivity index (χ4n) is 3.05. The Hall–Kier alpha value is -3.03. The van der Waals surface area contributed by atoms with E-state index in [0.717, 1.165) is 12.0 Å². The molecule has 5 nitrogen and oxygen atoms in total. The minimum absolute atomic E-state index is 0.0936. The molecule has 0 bridgehead atoms. The van der Waals surface area contributed by atoms with Gasteiger partial charge in [-0.2, -0.15) is 0 Å². The number of halogens is 3. The molecule has 1 fully saturated rings. The lowest BCUT2D eigenvalue weighted by Crippen LogP contribution is -2.25. The monoisotopic (exact) mass is 392 g/mol. The van der Waals surface area contributed by atoms with Crippen LogP contribution in [-0.2, 0) is 17.9 Å². The van der Waals surface area contributed by atoms with Crippen LogP contribution in [0.2, 0.25) is 0 Å². The molecule has 0 radical (unpaired) electrons. The molecule has 1 heterocycles. The third kappa shape index (κ3) is 5.25. The van der Waals surface area contributed by atoms with Crippen molar-refractivity contribution in [1.29, 1.82) is 0 Å². The number of nitrogens with one attached hydrogen (secondary N) is 1. The van der Waals surface area contributed by atoms with Gasteiger partial charge in [-0.25, -0.2) is 0 Å². The molecule has 0 saturated carbocycles. The maximum Gasteiger partial charge on any atom is 0.573 e. The normalized spacial score (nSPS) is 14.2. The summed E-state index contributed by atoms with van der Waals surface area (Å²) in [5.74, 6) is -0.677. The van der Waals surface area contributed by atoms with E-state index >= 15 is 0 Å². The molecule has 2 amide bonds. The highest BCUT2D eigenvalue weighted by Crippen LogP contribution is 2.26. The van der Waals surface area contributed by atoms with Gasteiger partial charge in [0.05, 0.1) is 0 Å². The number of hydrogen-bond donors (Lipinski definition) is 1. The Morgan fingerprint density at radius 1 is 1.14 bits per heavy atom. The Kier molecular flexibility index (Phi) is 5.87. The number of carbonyl (C=O) groups excluding carboxylic acids is 2. The number of rotatable bonds is 6. The van der Waals surface area contributed by atoms with E-state index in [9.17, 15) is 22.8 Å². The molecule has 28 heavy (non-hydrogen) atoms. The second-order valence-electron chi connectivity index (χ2n) is 6.46. The molecule has 8 heteroatoms. The van der Waals surface area contributed by atoms with Crippen LogP contribution in [0.3, 0.4) is 0 Å². The number of carbonyl (C=O) groups is 2. The van der Waals surface area contributed by atoms with Crippen LogP contribution < -0.4 is 10.1 Å². The number of benzene rings is 2. The summed E-state index contributed by atoms with van der Waals surface area (Å²) in [6, 6.07) is 12.5. The lowest BCUT2D eigenvalue weighted by molar-refractivity contribution is -0.274. The smallest absolute Gasteiger partial charge is 0.405 e. The third-order valence-corrected chi connectivity index (χ3v) is 4.37. The van der Waals surface area contributed by atoms with Gasteiger partial charge in [-0.1, -0.05) is 30.3 Å². The predicted molar refractivity (Wildman–Crippen MR) is 95.4 cm³/mol. The third-order valence-electron chi connectivity index (χ3n) is 4.37. The number of ether oxygens (including phenoxy) is 1. The average molecular weight is 392 g/mol. The fraction of sp³-hybridized carbons (Fsp3) is 0.300. The van der Waals surface area contributed by atoms with Crippen molar-refractivity contribution in [2.75, 3.05) is 6.54 Å². The Morgan fingerprint density at radius 3 is 2.64 bits per heavy atom. The highest BCUT2D eigenvalue weighted by atomic mass is 19.4. The van der Waals surface area contributed by atoms with Gasteiger partial charge in [0.1, 0.15) is 5.75 Å². The minimum atomic E-state index is -4.80. The topological polar surface area (TPSA) is 58.6 Å². The van der Waals surface area contributed by atoms with Gasteiger partial charge in [0.2, 0.25) is 5.91 Å². The maximum atomic E-state index is 12.5. The van der Waals surface area contributed by atoms with Crippen molar-refractivity contribution in [3.8, 4) is 5.75 Å². The summed E-state index contributed by atoms with van der Waals surface area (Å²) >= 11 is 0. The van der Waals surface area contributed by atoms with Crippen LogP contribution in [0.15, 0.2) is 48.5 Å². The van der Waals surface area contributed by atoms with Crippen LogP contribution in [0.1, 0.15) is 34.3 Å². The summed E-state index contributed by atoms with van der Waals surface area (Å²) in [6.07, 6.45) is -3.43. The summed E-state index contributed by atoms with van der Waals surface area (Å²) in [5, 5.41) is 2.60. The first-order valence-electron chi connectivity index (χ1n) is 8.80. The molecule has 0 aromatic heterocycles. The molecule has 3 rings (SSSR count). The van der Waals surface area contributed by atoms with Crippen LogP contribution in [0.5, 0.6) is 5.75 Å². The zero-order chi connectivity index (χ0) is 20.1. The number of amides is 2. The summed E-state index contributed by atoms with van der Waals surface area (Å²) < 4.78 is 41.4. The van der Waals surface area contributed by atoms with E-state index in [2.05, 4.69) is 10.1 Å². The zero-order valence-electron chi connectivity index (χ0n) is 15.0. The molecule has 0 spiro atoms. The van der Waals surface area contributed by atoms with Crippen LogP contribution >= 0.6 is 0 Å². The van der Waals surface area contributed by atoms with Gasteiger partial charge in [-0.3, -0.25) is 9.59 Å². The SMILES string of the molecule is O=C(NCc1ccccc1OC(F)(F)F)c1cccc(CN2CCCC2=O)c1. The standard InChI is InChI=1S/C20H19F3N2O3/c21-20(22,23)28-17-8-2-1-6-16(17)12-24-19(27)15-7-3-5-14(11-15)13-25-10-4-9-18(25)26/h1-3,5-8,11H,4,9-10,12-13H2,(H,24,27). The Bertz CT molecular complexity index is 868. The molecule has 1 aliphatic heterocycles. The number of para-hydroxylation sites is 1. The maximum absolute atomic E-state index is 12.5. The largest absolute Gasteiger partial charge is 0.573 e. The van der Waals surface area contributed by atoms with E-state index in [1.807, 2.05) is 6.07 Å². The van der Waals surface area contributed by atoms with Gasteiger partial charge < -0.3 is 15.0 Å². The van der Waals surface area contributed by atoms with Crippen molar-refractivity contribution < 1.29 is 27.5 Å². The first-order chi connectivity index (χ1) is 13.3. The number of alkyl halides is 3. The first kappa shape index (κ1) is 19.7. The van der Waals surface area contributed by atoms with Crippen molar-refractivity contribution in [2.24, 2.45) is 0 Å². The van der Waals surface area contributed by atoms with E-state index in [1.165, 1.54) is 18.2 Å². The molecule has 0 unspecified atom stereocenters. The van der Waals surface area contributed by atoms with Crippen LogP contribution in [0, 0.1) is 0 Å². The van der Waals surface area contributed by atoms with Gasteiger partial charge in [-0.05, 0) is 30.2 Å². The van der Waals surface area contributed by atoms with Gasteiger partial charge >= 0.3 is 6.36 Å². The van der Waals surface area contributed by atoms with Gasteiger partial charge in [-0.15, -0.1) is 13.2 Å². The number of hydrogen-bond acceptors (Lipinski definition) is 3. The molecule has 2 aromatic carbocycles. The first-order valence-corrected chi connectivity index (χ1v) is 8.80. The highest BCUT2D eigenvalue weighted by Gasteiger charge is 2.32. The summed E-state index contributed by atoms with van der Waals surface area (Å²) in [5.41, 5.74) is 1.41. The molecule has 1 saturated heterocycles. The molecular weight excluding hydrogens is 373 g/mol. The lowest BCUT2D eigenvalue weighted by Gasteiger charge is -2.16. The highest BCUT2D eigenvalue weighted by molar-refractivity contribution is 5.94.